The van der Waals surface area contributed by atoms with Crippen LogP contribution < -0.4 is 5.32 Å². The number of carbonyl (C=O) groups is 1. The Kier molecular flexibility index (Phi) is 4.39. The number of amides is 1. The van der Waals surface area contributed by atoms with Crippen LogP contribution >= 0.6 is 0 Å². The van der Waals surface area contributed by atoms with Gasteiger partial charge in [0, 0.05) is 50.7 Å². The van der Waals surface area contributed by atoms with Crippen molar-refractivity contribution in [2.45, 2.75) is 44.6 Å². The molecule has 6 heteroatoms. The molecule has 1 aliphatic carbocycles. The van der Waals surface area contributed by atoms with Crippen LogP contribution in [-0.2, 0) is 9.53 Å². The minimum atomic E-state index is 0.193. The molecule has 0 aromatic carbocycles. The smallest absolute Gasteiger partial charge is 0.225 e. The summed E-state index contributed by atoms with van der Waals surface area (Å²) in [5.74, 6) is 1.28. The molecule has 1 aromatic rings. The quantitative estimate of drug-likeness (QED) is 0.919. The van der Waals surface area contributed by atoms with Gasteiger partial charge in [0.2, 0.25) is 11.9 Å². The number of ether oxygens (including phenoxy) is 1. The second-order valence-electron chi connectivity index (χ2n) is 7.53. The molecule has 0 radical (unpaired) electrons. The van der Waals surface area contributed by atoms with Gasteiger partial charge in [0.15, 0.2) is 0 Å². The zero-order valence-electron chi connectivity index (χ0n) is 14.1. The van der Waals surface area contributed by atoms with E-state index in [1.54, 1.807) is 12.4 Å². The third-order valence-electron chi connectivity index (χ3n) is 5.96. The first-order valence-corrected chi connectivity index (χ1v) is 9.14. The highest BCUT2D eigenvalue weighted by Gasteiger charge is 2.46. The first-order valence-electron chi connectivity index (χ1n) is 9.14. The van der Waals surface area contributed by atoms with E-state index in [1.165, 1.54) is 12.8 Å². The standard InChI is InChI=1S/C18H26N4O2/c23-16(14-2-10-24-11-3-14)22-8-4-18(5-9-22)12-15(13-18)21-17-19-6-1-7-20-17/h1,6-7,14-15H,2-5,8-13H2,(H,19,20,21). The van der Waals surface area contributed by atoms with Gasteiger partial charge >= 0.3 is 0 Å². The lowest BCUT2D eigenvalue weighted by Gasteiger charge is -2.52. The molecule has 4 rings (SSSR count). The van der Waals surface area contributed by atoms with E-state index in [0.717, 1.165) is 57.9 Å². The Hall–Kier alpha value is -1.69. The van der Waals surface area contributed by atoms with Crippen molar-refractivity contribution in [2.75, 3.05) is 31.6 Å². The maximum atomic E-state index is 12.6. The van der Waals surface area contributed by atoms with E-state index < -0.39 is 0 Å². The molecule has 130 valence electrons. The van der Waals surface area contributed by atoms with E-state index in [2.05, 4.69) is 20.2 Å². The number of piperidine rings is 1. The van der Waals surface area contributed by atoms with E-state index in [4.69, 9.17) is 4.74 Å². The molecule has 1 N–H and O–H groups in total. The first-order chi connectivity index (χ1) is 11.7. The number of likely N-dealkylation sites (tertiary alicyclic amines) is 1. The van der Waals surface area contributed by atoms with E-state index in [1.807, 2.05) is 6.07 Å². The predicted molar refractivity (Wildman–Crippen MR) is 90.5 cm³/mol. The highest BCUT2D eigenvalue weighted by molar-refractivity contribution is 5.79. The third-order valence-corrected chi connectivity index (χ3v) is 5.96. The molecule has 3 aliphatic rings. The molecule has 2 saturated heterocycles. The van der Waals surface area contributed by atoms with Crippen LogP contribution in [0.3, 0.4) is 0 Å². The van der Waals surface area contributed by atoms with Gasteiger partial charge in [0.1, 0.15) is 0 Å². The summed E-state index contributed by atoms with van der Waals surface area (Å²) in [5.41, 5.74) is 0.429. The van der Waals surface area contributed by atoms with Gasteiger partial charge < -0.3 is 15.0 Å². The Balaban J connectivity index is 1.24. The van der Waals surface area contributed by atoms with Crippen molar-refractivity contribution in [2.24, 2.45) is 11.3 Å². The minimum absolute atomic E-state index is 0.193. The van der Waals surface area contributed by atoms with Crippen LogP contribution in [0.25, 0.3) is 0 Å². The highest BCUT2D eigenvalue weighted by atomic mass is 16.5. The van der Waals surface area contributed by atoms with Crippen LogP contribution in [0.4, 0.5) is 5.95 Å². The van der Waals surface area contributed by atoms with Crippen molar-refractivity contribution in [3.8, 4) is 0 Å². The van der Waals surface area contributed by atoms with E-state index in [9.17, 15) is 4.79 Å². The van der Waals surface area contributed by atoms with Crippen molar-refractivity contribution in [1.82, 2.24) is 14.9 Å². The molecule has 24 heavy (non-hydrogen) atoms. The summed E-state index contributed by atoms with van der Waals surface area (Å²) >= 11 is 0. The number of carbonyl (C=O) groups excluding carboxylic acids is 1. The fraction of sp³-hybridized carbons (Fsp3) is 0.722. The van der Waals surface area contributed by atoms with Gasteiger partial charge in [-0.2, -0.15) is 0 Å². The molecule has 1 aromatic heterocycles. The van der Waals surface area contributed by atoms with Gasteiger partial charge in [0.05, 0.1) is 0 Å². The topological polar surface area (TPSA) is 67.3 Å². The molecule has 0 unspecified atom stereocenters. The summed E-state index contributed by atoms with van der Waals surface area (Å²) in [6, 6.07) is 2.31. The maximum Gasteiger partial charge on any atom is 0.225 e. The summed E-state index contributed by atoms with van der Waals surface area (Å²) in [5, 5.41) is 3.42. The van der Waals surface area contributed by atoms with Crippen LogP contribution in [0, 0.1) is 11.3 Å². The Morgan fingerprint density at radius 1 is 1.17 bits per heavy atom. The number of aromatic nitrogens is 2. The van der Waals surface area contributed by atoms with Crippen LogP contribution in [0.5, 0.6) is 0 Å². The fourth-order valence-corrected chi connectivity index (χ4v) is 4.46. The molecular formula is C18H26N4O2. The lowest BCUT2D eigenvalue weighted by molar-refractivity contribution is -0.142. The zero-order valence-corrected chi connectivity index (χ0v) is 14.1. The van der Waals surface area contributed by atoms with E-state index >= 15 is 0 Å². The first kappa shape index (κ1) is 15.8. The summed E-state index contributed by atoms with van der Waals surface area (Å²) in [4.78, 5) is 23.2. The van der Waals surface area contributed by atoms with Crippen molar-refractivity contribution in [3.63, 3.8) is 0 Å². The van der Waals surface area contributed by atoms with Crippen LogP contribution in [0.2, 0.25) is 0 Å². The van der Waals surface area contributed by atoms with Gasteiger partial charge in [-0.15, -0.1) is 0 Å². The molecule has 6 nitrogen and oxygen atoms in total. The summed E-state index contributed by atoms with van der Waals surface area (Å²) in [6.07, 6.45) is 9.93. The van der Waals surface area contributed by atoms with Crippen molar-refractivity contribution >= 4 is 11.9 Å². The van der Waals surface area contributed by atoms with Crippen LogP contribution in [-0.4, -0.2) is 53.1 Å². The number of hydrogen-bond donors (Lipinski definition) is 1. The second-order valence-corrected chi connectivity index (χ2v) is 7.53. The number of anilines is 1. The summed E-state index contributed by atoms with van der Waals surface area (Å²) in [6.45, 7) is 3.32. The number of rotatable bonds is 3. The number of nitrogens with zero attached hydrogens (tertiary/aromatic N) is 3. The summed E-state index contributed by atoms with van der Waals surface area (Å²) in [7, 11) is 0. The SMILES string of the molecule is O=C(C1CCOCC1)N1CCC2(CC1)CC(Nc1ncccn1)C2. The number of hydrogen-bond acceptors (Lipinski definition) is 5. The average molecular weight is 330 g/mol. The third kappa shape index (κ3) is 3.24. The van der Waals surface area contributed by atoms with Crippen molar-refractivity contribution in [3.05, 3.63) is 18.5 Å². The molecule has 0 atom stereocenters. The van der Waals surface area contributed by atoms with Gasteiger partial charge in [-0.05, 0) is 50.0 Å². The molecule has 3 heterocycles. The average Bonchev–Trinajstić information content (AvgIpc) is 2.62. The summed E-state index contributed by atoms with van der Waals surface area (Å²) < 4.78 is 5.37. The molecule has 1 amide bonds. The lowest BCUT2D eigenvalue weighted by Crippen LogP contribution is -2.53. The maximum absolute atomic E-state index is 12.6. The predicted octanol–water partition coefficient (Wildman–Crippen LogP) is 2.09. The molecular weight excluding hydrogens is 304 g/mol. The van der Waals surface area contributed by atoms with E-state index in [-0.39, 0.29) is 5.92 Å². The second kappa shape index (κ2) is 6.67. The minimum Gasteiger partial charge on any atom is -0.381 e. The number of nitrogens with one attached hydrogen (secondary N) is 1. The van der Waals surface area contributed by atoms with Gasteiger partial charge in [-0.25, -0.2) is 9.97 Å². The van der Waals surface area contributed by atoms with Crippen LogP contribution in [0.1, 0.15) is 38.5 Å². The van der Waals surface area contributed by atoms with Crippen molar-refractivity contribution < 1.29 is 9.53 Å². The van der Waals surface area contributed by atoms with Gasteiger partial charge in [-0.3, -0.25) is 4.79 Å². The lowest BCUT2D eigenvalue weighted by atomic mass is 9.60. The van der Waals surface area contributed by atoms with Crippen LogP contribution in [0.15, 0.2) is 18.5 Å². The zero-order chi connectivity index (χ0) is 16.4. The molecule has 3 fully saturated rings. The fourth-order valence-electron chi connectivity index (χ4n) is 4.46. The Morgan fingerprint density at radius 3 is 2.50 bits per heavy atom. The molecule has 1 saturated carbocycles. The molecule has 1 spiro atoms. The Labute approximate surface area is 143 Å². The molecule has 0 bridgehead atoms. The Bertz CT molecular complexity index is 558. The van der Waals surface area contributed by atoms with E-state index in [0.29, 0.717) is 17.4 Å². The van der Waals surface area contributed by atoms with Gasteiger partial charge in [-0.1, -0.05) is 0 Å². The van der Waals surface area contributed by atoms with Crippen molar-refractivity contribution in [1.29, 1.82) is 0 Å². The van der Waals surface area contributed by atoms with Gasteiger partial charge in [0.25, 0.3) is 0 Å². The highest BCUT2D eigenvalue weighted by Crippen LogP contribution is 2.50. The normalized spacial score (nSPS) is 24.6. The largest absolute Gasteiger partial charge is 0.381 e. The molecule has 2 aliphatic heterocycles. The Morgan fingerprint density at radius 2 is 1.83 bits per heavy atom. The monoisotopic (exact) mass is 330 g/mol.